The van der Waals surface area contributed by atoms with Crippen LogP contribution in [0.15, 0.2) is 29.2 Å². The minimum atomic E-state index is -0.288. The van der Waals surface area contributed by atoms with Crippen LogP contribution in [-0.2, 0) is 4.79 Å². The molecule has 0 aliphatic carbocycles. The van der Waals surface area contributed by atoms with Crippen LogP contribution in [0.4, 0.5) is 4.79 Å². The Hall–Kier alpha value is -1.79. The number of hydrogen-bond acceptors (Lipinski definition) is 5. The molecule has 0 aromatic heterocycles. The lowest BCUT2D eigenvalue weighted by atomic mass is 10.2. The van der Waals surface area contributed by atoms with Crippen LogP contribution in [0.25, 0.3) is 6.08 Å². The average Bonchev–Trinajstić information content (AvgIpc) is 2.75. The standard InChI is InChI=1S/C15H18N2O3S/c1-3-20-12-6-4-11(5-7-12)8-13-14(18)17(10(2)9-16)15(19)21-13/h4-8,10H,3,9,16H2,1-2H3. The van der Waals surface area contributed by atoms with Crippen molar-refractivity contribution in [2.45, 2.75) is 19.9 Å². The highest BCUT2D eigenvalue weighted by molar-refractivity contribution is 8.18. The molecule has 5 nitrogen and oxygen atoms in total. The summed E-state index contributed by atoms with van der Waals surface area (Å²) in [6.45, 7) is 4.54. The number of nitrogens with zero attached hydrogens (tertiary/aromatic N) is 1. The highest BCUT2D eigenvalue weighted by atomic mass is 32.2. The minimum Gasteiger partial charge on any atom is -0.494 e. The monoisotopic (exact) mass is 306 g/mol. The molecule has 0 saturated carbocycles. The van der Waals surface area contributed by atoms with E-state index in [1.54, 1.807) is 13.0 Å². The number of nitrogens with two attached hydrogens (primary N) is 1. The van der Waals surface area contributed by atoms with E-state index < -0.39 is 0 Å². The lowest BCUT2D eigenvalue weighted by Crippen LogP contribution is -2.41. The Labute approximate surface area is 128 Å². The highest BCUT2D eigenvalue weighted by Gasteiger charge is 2.37. The molecule has 0 spiro atoms. The highest BCUT2D eigenvalue weighted by Crippen LogP contribution is 2.33. The van der Waals surface area contributed by atoms with Gasteiger partial charge in [0.2, 0.25) is 0 Å². The Morgan fingerprint density at radius 3 is 2.57 bits per heavy atom. The van der Waals surface area contributed by atoms with Crippen molar-refractivity contribution in [3.05, 3.63) is 34.7 Å². The number of imide groups is 1. The molecule has 1 aromatic carbocycles. The summed E-state index contributed by atoms with van der Waals surface area (Å²) >= 11 is 0.947. The lowest BCUT2D eigenvalue weighted by molar-refractivity contribution is -0.123. The van der Waals surface area contributed by atoms with E-state index in [0.29, 0.717) is 11.5 Å². The van der Waals surface area contributed by atoms with Crippen molar-refractivity contribution in [2.75, 3.05) is 13.2 Å². The minimum absolute atomic E-state index is 0.258. The summed E-state index contributed by atoms with van der Waals surface area (Å²) in [7, 11) is 0. The number of rotatable bonds is 5. The molecule has 0 bridgehead atoms. The fraction of sp³-hybridized carbons (Fsp3) is 0.333. The zero-order valence-corrected chi connectivity index (χ0v) is 12.9. The first-order valence-electron chi connectivity index (χ1n) is 6.76. The number of hydrogen-bond donors (Lipinski definition) is 1. The van der Waals surface area contributed by atoms with Gasteiger partial charge in [-0.3, -0.25) is 14.5 Å². The first-order valence-corrected chi connectivity index (χ1v) is 7.58. The van der Waals surface area contributed by atoms with E-state index in [-0.39, 0.29) is 23.7 Å². The van der Waals surface area contributed by atoms with Crippen molar-refractivity contribution in [1.82, 2.24) is 4.90 Å². The predicted octanol–water partition coefficient (Wildman–Crippen LogP) is 2.47. The topological polar surface area (TPSA) is 72.6 Å². The van der Waals surface area contributed by atoms with Crippen molar-refractivity contribution >= 4 is 29.0 Å². The van der Waals surface area contributed by atoms with Gasteiger partial charge < -0.3 is 10.5 Å². The Morgan fingerprint density at radius 2 is 2.00 bits per heavy atom. The largest absolute Gasteiger partial charge is 0.494 e. The molecule has 21 heavy (non-hydrogen) atoms. The summed E-state index contributed by atoms with van der Waals surface area (Å²) in [5.74, 6) is 0.497. The molecule has 1 unspecified atom stereocenters. The van der Waals surface area contributed by atoms with Crippen LogP contribution in [0.2, 0.25) is 0 Å². The molecule has 1 aliphatic rings. The van der Waals surface area contributed by atoms with Crippen molar-refractivity contribution in [1.29, 1.82) is 0 Å². The summed E-state index contributed by atoms with van der Waals surface area (Å²) in [6, 6.07) is 7.09. The van der Waals surface area contributed by atoms with Gasteiger partial charge in [0.1, 0.15) is 5.75 Å². The second-order valence-corrected chi connectivity index (χ2v) is 5.63. The van der Waals surface area contributed by atoms with Gasteiger partial charge in [0.25, 0.3) is 11.1 Å². The summed E-state index contributed by atoms with van der Waals surface area (Å²) in [4.78, 5) is 25.7. The van der Waals surface area contributed by atoms with E-state index in [0.717, 1.165) is 23.1 Å². The number of carbonyl (C=O) groups is 2. The normalized spacial score (nSPS) is 18.4. The maximum absolute atomic E-state index is 12.2. The van der Waals surface area contributed by atoms with Gasteiger partial charge >= 0.3 is 0 Å². The number of ether oxygens (including phenoxy) is 1. The smallest absolute Gasteiger partial charge is 0.293 e. The van der Waals surface area contributed by atoms with Crippen LogP contribution < -0.4 is 10.5 Å². The van der Waals surface area contributed by atoms with Gasteiger partial charge in [-0.1, -0.05) is 12.1 Å². The van der Waals surface area contributed by atoms with Crippen LogP contribution in [0, 0.1) is 0 Å². The van der Waals surface area contributed by atoms with Gasteiger partial charge in [0.15, 0.2) is 0 Å². The lowest BCUT2D eigenvalue weighted by Gasteiger charge is -2.19. The molecule has 2 rings (SSSR count). The van der Waals surface area contributed by atoms with Crippen LogP contribution in [-0.4, -0.2) is 35.2 Å². The molecule has 1 aromatic rings. The Kier molecular flexibility index (Phi) is 5.03. The number of thioether (sulfide) groups is 1. The van der Waals surface area contributed by atoms with E-state index in [9.17, 15) is 9.59 Å². The summed E-state index contributed by atoms with van der Waals surface area (Å²) < 4.78 is 5.36. The molecule has 1 saturated heterocycles. The number of amides is 2. The van der Waals surface area contributed by atoms with E-state index in [2.05, 4.69) is 0 Å². The van der Waals surface area contributed by atoms with E-state index in [4.69, 9.17) is 10.5 Å². The Bertz CT molecular complexity index is 569. The van der Waals surface area contributed by atoms with Crippen molar-refractivity contribution in [2.24, 2.45) is 5.73 Å². The summed E-state index contributed by atoms with van der Waals surface area (Å²) in [5.41, 5.74) is 6.38. The van der Waals surface area contributed by atoms with Gasteiger partial charge in [-0.25, -0.2) is 0 Å². The van der Waals surface area contributed by atoms with Gasteiger partial charge in [-0.15, -0.1) is 0 Å². The molecule has 112 valence electrons. The quantitative estimate of drug-likeness (QED) is 0.846. The molecule has 0 radical (unpaired) electrons. The molecular formula is C15H18N2O3S. The van der Waals surface area contributed by atoms with Gasteiger partial charge in [0.05, 0.1) is 17.6 Å². The number of benzene rings is 1. The van der Waals surface area contributed by atoms with E-state index in [1.807, 2.05) is 31.2 Å². The third-order valence-corrected chi connectivity index (χ3v) is 3.98. The Morgan fingerprint density at radius 1 is 1.33 bits per heavy atom. The molecular weight excluding hydrogens is 288 g/mol. The second kappa shape index (κ2) is 6.78. The maximum Gasteiger partial charge on any atom is 0.293 e. The molecule has 1 heterocycles. The maximum atomic E-state index is 12.2. The molecule has 2 N–H and O–H groups in total. The predicted molar refractivity (Wildman–Crippen MR) is 83.9 cm³/mol. The zero-order chi connectivity index (χ0) is 15.4. The number of carbonyl (C=O) groups excluding carboxylic acids is 2. The molecule has 1 aliphatic heterocycles. The van der Waals surface area contributed by atoms with E-state index in [1.165, 1.54) is 4.90 Å². The van der Waals surface area contributed by atoms with Crippen molar-refractivity contribution in [3.63, 3.8) is 0 Å². The zero-order valence-electron chi connectivity index (χ0n) is 12.0. The summed E-state index contributed by atoms with van der Waals surface area (Å²) in [5, 5.41) is -0.268. The van der Waals surface area contributed by atoms with Crippen molar-refractivity contribution in [3.8, 4) is 5.75 Å². The first-order chi connectivity index (χ1) is 10.1. The molecule has 6 heteroatoms. The van der Waals surface area contributed by atoms with Gasteiger partial charge in [-0.05, 0) is 49.4 Å². The molecule has 2 amide bonds. The summed E-state index contributed by atoms with van der Waals surface area (Å²) in [6.07, 6.45) is 1.71. The fourth-order valence-corrected chi connectivity index (χ4v) is 2.87. The first kappa shape index (κ1) is 15.6. The van der Waals surface area contributed by atoms with Crippen LogP contribution in [0.5, 0.6) is 5.75 Å². The van der Waals surface area contributed by atoms with Crippen LogP contribution in [0.3, 0.4) is 0 Å². The van der Waals surface area contributed by atoms with Gasteiger partial charge in [0, 0.05) is 6.54 Å². The van der Waals surface area contributed by atoms with E-state index >= 15 is 0 Å². The molecule has 1 fully saturated rings. The van der Waals surface area contributed by atoms with Gasteiger partial charge in [-0.2, -0.15) is 0 Å². The Balaban J connectivity index is 2.18. The molecule has 1 atom stereocenters. The second-order valence-electron chi connectivity index (χ2n) is 4.64. The fourth-order valence-electron chi connectivity index (χ4n) is 1.94. The third-order valence-electron chi connectivity index (χ3n) is 3.09. The average molecular weight is 306 g/mol. The third kappa shape index (κ3) is 3.46. The SMILES string of the molecule is CCOc1ccc(C=C2SC(=O)N(C(C)CN)C2=O)cc1. The van der Waals surface area contributed by atoms with Crippen molar-refractivity contribution < 1.29 is 14.3 Å². The van der Waals surface area contributed by atoms with Crippen LogP contribution in [0.1, 0.15) is 19.4 Å². The van der Waals surface area contributed by atoms with Crippen LogP contribution >= 0.6 is 11.8 Å².